The molecule has 3 aromatic rings. The summed E-state index contributed by atoms with van der Waals surface area (Å²) < 4.78 is 33.0. The van der Waals surface area contributed by atoms with Crippen molar-refractivity contribution in [2.45, 2.75) is 53.1 Å². The van der Waals surface area contributed by atoms with Crippen LogP contribution in [0.3, 0.4) is 0 Å². The van der Waals surface area contributed by atoms with Crippen molar-refractivity contribution >= 4 is 17.1 Å². The predicted molar refractivity (Wildman–Crippen MR) is 110 cm³/mol. The van der Waals surface area contributed by atoms with Crippen molar-refractivity contribution in [2.24, 2.45) is 7.05 Å². The summed E-state index contributed by atoms with van der Waals surface area (Å²) in [5, 5.41) is 4.98. The summed E-state index contributed by atoms with van der Waals surface area (Å²) in [6.07, 6.45) is 1.83. The fraction of sp³-hybridized carbons (Fsp3) is 0.429. The van der Waals surface area contributed by atoms with Gasteiger partial charge in [-0.15, -0.1) is 5.10 Å². The fourth-order valence-corrected chi connectivity index (χ4v) is 3.95. The minimum absolute atomic E-state index is 0.0341. The van der Waals surface area contributed by atoms with Crippen molar-refractivity contribution < 1.29 is 13.5 Å². The van der Waals surface area contributed by atoms with Crippen molar-refractivity contribution in [2.75, 3.05) is 0 Å². The van der Waals surface area contributed by atoms with Gasteiger partial charge in [-0.05, 0) is 61.9 Å². The van der Waals surface area contributed by atoms with E-state index < -0.39 is 6.61 Å². The lowest BCUT2D eigenvalue weighted by Gasteiger charge is -2.15. The quantitative estimate of drug-likeness (QED) is 0.527. The maximum Gasteiger partial charge on any atom is 0.387 e. The smallest absolute Gasteiger partial charge is 0.387 e. The predicted octanol–water partition coefficient (Wildman–Crippen LogP) is 5.48. The zero-order chi connectivity index (χ0) is 21.5. The van der Waals surface area contributed by atoms with Gasteiger partial charge in [-0.1, -0.05) is 25.4 Å². The van der Waals surface area contributed by atoms with Crippen LogP contribution in [0.25, 0.3) is 16.9 Å². The number of nitrogens with zero attached hydrogens (tertiary/aromatic N) is 3. The van der Waals surface area contributed by atoms with Crippen LogP contribution < -0.4 is 10.3 Å². The van der Waals surface area contributed by atoms with E-state index >= 15 is 0 Å². The Hall–Kier alpha value is -2.41. The molecule has 0 radical (unpaired) electrons. The zero-order valence-corrected chi connectivity index (χ0v) is 17.8. The van der Waals surface area contributed by atoms with Crippen LogP contribution in [0.2, 0.25) is 5.02 Å². The van der Waals surface area contributed by atoms with E-state index in [1.54, 1.807) is 18.5 Å². The van der Waals surface area contributed by atoms with Crippen LogP contribution in [0.5, 0.6) is 5.75 Å². The lowest BCUT2D eigenvalue weighted by Crippen LogP contribution is -2.24. The van der Waals surface area contributed by atoms with E-state index in [9.17, 15) is 13.6 Å². The van der Waals surface area contributed by atoms with Gasteiger partial charge in [0.1, 0.15) is 11.3 Å². The average molecular weight is 424 g/mol. The maximum atomic E-state index is 13.3. The molecule has 5 nitrogen and oxygen atoms in total. The highest BCUT2D eigenvalue weighted by Crippen LogP contribution is 2.34. The Bertz CT molecular complexity index is 1120. The molecule has 0 fully saturated rings. The lowest BCUT2D eigenvalue weighted by atomic mass is 9.95. The molecule has 0 bridgehead atoms. The van der Waals surface area contributed by atoms with E-state index in [4.69, 9.17) is 11.6 Å². The van der Waals surface area contributed by atoms with Gasteiger partial charge in [0.05, 0.1) is 5.02 Å². The number of alkyl halides is 2. The highest BCUT2D eigenvalue weighted by Gasteiger charge is 2.22. The van der Waals surface area contributed by atoms with Gasteiger partial charge in [-0.3, -0.25) is 9.36 Å². The number of hydrogen-bond donors (Lipinski definition) is 0. The Morgan fingerprint density at radius 1 is 1.17 bits per heavy atom. The SMILES string of the molecule is CCC(CC)c1cc(C)n2nc(-c3cc(OC(F)F)cc(C)c3Cl)n(C)c(=O)c12. The molecule has 0 spiro atoms. The van der Waals surface area contributed by atoms with E-state index in [1.807, 2.05) is 13.0 Å². The van der Waals surface area contributed by atoms with E-state index in [-0.39, 0.29) is 23.1 Å². The number of benzene rings is 1. The number of ether oxygens (including phenoxy) is 1. The molecule has 0 aliphatic heterocycles. The molecule has 0 aliphatic rings. The average Bonchev–Trinajstić information content (AvgIpc) is 2.98. The first kappa shape index (κ1) is 21.3. The van der Waals surface area contributed by atoms with Crippen molar-refractivity contribution in [3.63, 3.8) is 0 Å². The largest absolute Gasteiger partial charge is 0.435 e. The van der Waals surface area contributed by atoms with E-state index in [0.29, 0.717) is 21.7 Å². The van der Waals surface area contributed by atoms with Crippen LogP contribution >= 0.6 is 11.6 Å². The molecule has 156 valence electrons. The summed E-state index contributed by atoms with van der Waals surface area (Å²) in [5.41, 5.74) is 3.05. The second kappa shape index (κ2) is 8.14. The molecule has 0 unspecified atom stereocenters. The molecule has 1 aromatic carbocycles. The monoisotopic (exact) mass is 423 g/mol. The molecule has 29 heavy (non-hydrogen) atoms. The summed E-state index contributed by atoms with van der Waals surface area (Å²) in [7, 11) is 1.61. The second-order valence-corrected chi connectivity index (χ2v) is 7.56. The summed E-state index contributed by atoms with van der Waals surface area (Å²) in [6.45, 7) is 4.80. The summed E-state index contributed by atoms with van der Waals surface area (Å²) in [4.78, 5) is 13.3. The minimum atomic E-state index is -2.96. The molecule has 8 heteroatoms. The molecule has 0 aliphatic carbocycles. The normalized spacial score (nSPS) is 11.8. The van der Waals surface area contributed by atoms with E-state index in [0.717, 1.165) is 24.1 Å². The molecule has 0 atom stereocenters. The molecule has 2 aromatic heterocycles. The van der Waals surface area contributed by atoms with E-state index in [1.165, 1.54) is 16.7 Å². The zero-order valence-electron chi connectivity index (χ0n) is 17.1. The van der Waals surface area contributed by atoms with Crippen molar-refractivity contribution in [1.29, 1.82) is 0 Å². The number of hydrogen-bond acceptors (Lipinski definition) is 3. The Balaban J connectivity index is 2.31. The van der Waals surface area contributed by atoms with Crippen LogP contribution in [-0.4, -0.2) is 20.8 Å². The molecule has 0 amide bonds. The summed E-state index contributed by atoms with van der Waals surface area (Å²) >= 11 is 6.44. The van der Waals surface area contributed by atoms with Gasteiger partial charge < -0.3 is 4.74 Å². The molecule has 0 saturated carbocycles. The first-order valence-corrected chi connectivity index (χ1v) is 9.91. The summed E-state index contributed by atoms with van der Waals surface area (Å²) in [5.74, 6) is 0.506. The van der Waals surface area contributed by atoms with Crippen molar-refractivity contribution in [3.05, 3.63) is 50.4 Å². The highest BCUT2D eigenvalue weighted by molar-refractivity contribution is 6.34. The number of fused-ring (bicyclic) bond motifs is 1. The van der Waals surface area contributed by atoms with Gasteiger partial charge in [0.15, 0.2) is 5.82 Å². The Morgan fingerprint density at radius 3 is 2.41 bits per heavy atom. The van der Waals surface area contributed by atoms with Gasteiger partial charge in [0.25, 0.3) is 5.56 Å². The van der Waals surface area contributed by atoms with Gasteiger partial charge in [0, 0.05) is 18.3 Å². The summed E-state index contributed by atoms with van der Waals surface area (Å²) in [6, 6.07) is 4.81. The van der Waals surface area contributed by atoms with Crippen molar-refractivity contribution in [1.82, 2.24) is 14.2 Å². The van der Waals surface area contributed by atoms with Gasteiger partial charge >= 0.3 is 6.61 Å². The number of aryl methyl sites for hydroxylation is 2. The minimum Gasteiger partial charge on any atom is -0.435 e. The highest BCUT2D eigenvalue weighted by atomic mass is 35.5. The van der Waals surface area contributed by atoms with Crippen LogP contribution in [0.4, 0.5) is 8.78 Å². The van der Waals surface area contributed by atoms with E-state index in [2.05, 4.69) is 23.7 Å². The third-order valence-electron chi connectivity index (χ3n) is 5.32. The third-order valence-corrected chi connectivity index (χ3v) is 5.82. The van der Waals surface area contributed by atoms with Crippen molar-refractivity contribution in [3.8, 4) is 17.1 Å². The lowest BCUT2D eigenvalue weighted by molar-refractivity contribution is -0.0498. The number of rotatable bonds is 6. The molecule has 0 N–H and O–H groups in total. The molecular weight excluding hydrogens is 400 g/mol. The first-order valence-electron chi connectivity index (χ1n) is 9.54. The van der Waals surface area contributed by atoms with Crippen LogP contribution in [0.15, 0.2) is 23.0 Å². The Morgan fingerprint density at radius 2 is 1.83 bits per heavy atom. The molecular formula is C21H24ClF2N3O2. The molecule has 0 saturated heterocycles. The Labute approximate surface area is 172 Å². The fourth-order valence-electron chi connectivity index (χ4n) is 3.76. The third kappa shape index (κ3) is 3.75. The van der Waals surface area contributed by atoms with Crippen LogP contribution in [0.1, 0.15) is 49.4 Å². The maximum absolute atomic E-state index is 13.3. The number of halogens is 3. The van der Waals surface area contributed by atoms with Gasteiger partial charge in [-0.25, -0.2) is 4.52 Å². The number of aromatic nitrogens is 3. The standard InChI is InChI=1S/C21H24ClF2N3O2/c1-6-13(7-2)15-9-12(4)27-18(15)20(28)26(5)19(25-27)16-10-14(29-21(23)24)8-11(3)17(16)22/h8-10,13,21H,6-7H2,1-5H3. The second-order valence-electron chi connectivity index (χ2n) is 7.18. The topological polar surface area (TPSA) is 48.5 Å². The van der Waals surface area contributed by atoms with Gasteiger partial charge in [-0.2, -0.15) is 8.78 Å². The molecule has 3 rings (SSSR count). The van der Waals surface area contributed by atoms with Crippen LogP contribution in [-0.2, 0) is 7.05 Å². The van der Waals surface area contributed by atoms with Crippen LogP contribution in [0, 0.1) is 13.8 Å². The molecule has 2 heterocycles. The first-order chi connectivity index (χ1) is 13.7. The Kier molecular flexibility index (Phi) is 5.98. The van der Waals surface area contributed by atoms with Gasteiger partial charge in [0.2, 0.25) is 0 Å².